The number of aromatic nitrogens is 3. The first-order chi connectivity index (χ1) is 5.81. The zero-order valence-electron chi connectivity index (χ0n) is 6.86. The van der Waals surface area contributed by atoms with E-state index in [0.717, 1.165) is 12.1 Å². The lowest BCUT2D eigenvalue weighted by molar-refractivity contribution is 0.999. The highest BCUT2D eigenvalue weighted by molar-refractivity contribution is 5.43. The van der Waals surface area contributed by atoms with Gasteiger partial charge >= 0.3 is 0 Å². The van der Waals surface area contributed by atoms with Gasteiger partial charge in [-0.3, -0.25) is 4.40 Å². The van der Waals surface area contributed by atoms with Gasteiger partial charge in [-0.25, -0.2) is 9.97 Å². The van der Waals surface area contributed by atoms with Crippen LogP contribution >= 0.6 is 0 Å². The minimum atomic E-state index is 0.673. The molecule has 0 aromatic carbocycles. The minimum Gasteiger partial charge on any atom is -0.385 e. The van der Waals surface area contributed by atoms with Crippen molar-refractivity contribution in [1.29, 1.82) is 0 Å². The van der Waals surface area contributed by atoms with E-state index in [2.05, 4.69) is 9.97 Å². The van der Waals surface area contributed by atoms with Crippen LogP contribution in [0.25, 0.3) is 5.78 Å². The highest BCUT2D eigenvalue weighted by Crippen LogP contribution is 2.08. The standard InChI is InChI=1S/C8H10N4/c1-2-6-5-7(9)12-4-3-10-8(12)11-6/h3-5H,2,9H2,1H3. The Bertz CT molecular complexity index is 404. The molecule has 0 unspecified atom stereocenters. The Kier molecular flexibility index (Phi) is 1.46. The molecule has 2 aromatic rings. The number of nitrogens with zero attached hydrogens (tertiary/aromatic N) is 3. The summed E-state index contributed by atoms with van der Waals surface area (Å²) in [6, 6.07) is 1.87. The molecule has 2 aromatic heterocycles. The second-order valence-electron chi connectivity index (χ2n) is 2.62. The lowest BCUT2D eigenvalue weighted by Gasteiger charge is -2.00. The summed E-state index contributed by atoms with van der Waals surface area (Å²) in [5.74, 6) is 1.36. The zero-order chi connectivity index (χ0) is 8.55. The Morgan fingerprint density at radius 3 is 3.17 bits per heavy atom. The maximum absolute atomic E-state index is 5.76. The molecule has 0 bridgehead atoms. The Hall–Kier alpha value is -1.58. The number of nitrogen functional groups attached to an aromatic ring is 1. The average Bonchev–Trinajstić information content (AvgIpc) is 2.52. The van der Waals surface area contributed by atoms with Gasteiger partial charge in [-0.2, -0.15) is 0 Å². The molecule has 12 heavy (non-hydrogen) atoms. The van der Waals surface area contributed by atoms with Crippen molar-refractivity contribution >= 4 is 11.6 Å². The van der Waals surface area contributed by atoms with Gasteiger partial charge in [-0.1, -0.05) is 6.92 Å². The number of anilines is 1. The molecular weight excluding hydrogens is 152 g/mol. The van der Waals surface area contributed by atoms with Gasteiger partial charge in [-0.15, -0.1) is 0 Å². The van der Waals surface area contributed by atoms with Gasteiger partial charge in [0.05, 0.1) is 0 Å². The molecule has 4 nitrogen and oxygen atoms in total. The van der Waals surface area contributed by atoms with E-state index in [1.54, 1.807) is 16.8 Å². The van der Waals surface area contributed by atoms with E-state index in [0.29, 0.717) is 11.6 Å². The van der Waals surface area contributed by atoms with E-state index in [9.17, 15) is 0 Å². The number of hydrogen-bond acceptors (Lipinski definition) is 3. The summed E-state index contributed by atoms with van der Waals surface area (Å²) in [6.07, 6.45) is 4.38. The quantitative estimate of drug-likeness (QED) is 0.677. The van der Waals surface area contributed by atoms with E-state index in [1.165, 1.54) is 0 Å². The molecule has 4 heteroatoms. The Labute approximate surface area is 70.1 Å². The molecule has 0 aliphatic rings. The smallest absolute Gasteiger partial charge is 0.235 e. The fourth-order valence-electron chi connectivity index (χ4n) is 1.16. The molecule has 0 spiro atoms. The van der Waals surface area contributed by atoms with Crippen molar-refractivity contribution in [3.05, 3.63) is 24.2 Å². The lowest BCUT2D eigenvalue weighted by Crippen LogP contribution is -2.00. The van der Waals surface area contributed by atoms with Gasteiger partial charge in [0.1, 0.15) is 5.82 Å². The second kappa shape index (κ2) is 2.48. The molecule has 0 atom stereocenters. The Balaban J connectivity index is 2.75. The number of rotatable bonds is 1. The number of fused-ring (bicyclic) bond motifs is 1. The lowest BCUT2D eigenvalue weighted by atomic mass is 10.3. The third-order valence-electron chi connectivity index (χ3n) is 1.82. The first-order valence-corrected chi connectivity index (χ1v) is 3.89. The summed E-state index contributed by atoms with van der Waals surface area (Å²) in [4.78, 5) is 8.35. The van der Waals surface area contributed by atoms with E-state index < -0.39 is 0 Å². The van der Waals surface area contributed by atoms with Crippen molar-refractivity contribution in [2.45, 2.75) is 13.3 Å². The molecule has 2 rings (SSSR count). The van der Waals surface area contributed by atoms with Gasteiger partial charge in [-0.05, 0) is 6.42 Å². The minimum absolute atomic E-state index is 0.673. The summed E-state index contributed by atoms with van der Waals surface area (Å²) in [5, 5.41) is 0. The van der Waals surface area contributed by atoms with E-state index >= 15 is 0 Å². The van der Waals surface area contributed by atoms with Crippen molar-refractivity contribution in [1.82, 2.24) is 14.4 Å². The highest BCUT2D eigenvalue weighted by atomic mass is 15.1. The molecule has 0 radical (unpaired) electrons. The van der Waals surface area contributed by atoms with Gasteiger partial charge in [0.15, 0.2) is 0 Å². The highest BCUT2D eigenvalue weighted by Gasteiger charge is 2.00. The van der Waals surface area contributed by atoms with Gasteiger partial charge in [0.25, 0.3) is 0 Å². The monoisotopic (exact) mass is 162 g/mol. The second-order valence-corrected chi connectivity index (χ2v) is 2.62. The van der Waals surface area contributed by atoms with Crippen molar-refractivity contribution in [3.8, 4) is 0 Å². The third kappa shape index (κ3) is 0.922. The normalized spacial score (nSPS) is 10.8. The van der Waals surface area contributed by atoms with Crippen LogP contribution in [-0.2, 0) is 6.42 Å². The van der Waals surface area contributed by atoms with Gasteiger partial charge in [0, 0.05) is 24.2 Å². The van der Waals surface area contributed by atoms with Crippen LogP contribution in [0.3, 0.4) is 0 Å². The van der Waals surface area contributed by atoms with Gasteiger partial charge in [0.2, 0.25) is 5.78 Å². The van der Waals surface area contributed by atoms with E-state index in [-0.39, 0.29) is 0 Å². The first-order valence-electron chi connectivity index (χ1n) is 3.89. The molecule has 0 fully saturated rings. The third-order valence-corrected chi connectivity index (χ3v) is 1.82. The van der Waals surface area contributed by atoms with Crippen molar-refractivity contribution in [2.75, 3.05) is 5.73 Å². The van der Waals surface area contributed by atoms with Crippen LogP contribution < -0.4 is 5.73 Å². The average molecular weight is 162 g/mol. The fraction of sp³-hybridized carbons (Fsp3) is 0.250. The molecule has 0 amide bonds. The van der Waals surface area contributed by atoms with E-state index in [1.807, 2.05) is 13.0 Å². The van der Waals surface area contributed by atoms with Crippen LogP contribution in [0.1, 0.15) is 12.6 Å². The predicted octanol–water partition coefficient (Wildman–Crippen LogP) is 0.874. The number of aryl methyl sites for hydroxylation is 1. The molecule has 62 valence electrons. The van der Waals surface area contributed by atoms with Crippen LogP contribution in [0.2, 0.25) is 0 Å². The summed E-state index contributed by atoms with van der Waals surface area (Å²) in [5.41, 5.74) is 6.74. The Morgan fingerprint density at radius 1 is 1.58 bits per heavy atom. The maximum Gasteiger partial charge on any atom is 0.235 e. The number of hydrogen-bond donors (Lipinski definition) is 1. The van der Waals surface area contributed by atoms with Crippen LogP contribution in [0.4, 0.5) is 5.82 Å². The van der Waals surface area contributed by atoms with Crippen LogP contribution in [-0.4, -0.2) is 14.4 Å². The summed E-state index contributed by atoms with van der Waals surface area (Å²) < 4.78 is 1.76. The van der Waals surface area contributed by atoms with Crippen LogP contribution in [0.15, 0.2) is 18.5 Å². The van der Waals surface area contributed by atoms with Crippen molar-refractivity contribution in [2.24, 2.45) is 0 Å². The molecular formula is C8H10N4. The van der Waals surface area contributed by atoms with E-state index in [4.69, 9.17) is 5.73 Å². The number of nitrogens with two attached hydrogens (primary N) is 1. The van der Waals surface area contributed by atoms with Crippen LogP contribution in [0, 0.1) is 0 Å². The molecule has 0 saturated carbocycles. The van der Waals surface area contributed by atoms with Crippen molar-refractivity contribution < 1.29 is 0 Å². The largest absolute Gasteiger partial charge is 0.385 e. The Morgan fingerprint density at radius 2 is 2.42 bits per heavy atom. The SMILES string of the molecule is CCc1cc(N)n2ccnc2n1. The van der Waals surface area contributed by atoms with Gasteiger partial charge < -0.3 is 5.73 Å². The fourth-order valence-corrected chi connectivity index (χ4v) is 1.16. The number of imidazole rings is 1. The maximum atomic E-state index is 5.76. The zero-order valence-corrected chi connectivity index (χ0v) is 6.86. The van der Waals surface area contributed by atoms with Crippen molar-refractivity contribution in [3.63, 3.8) is 0 Å². The summed E-state index contributed by atoms with van der Waals surface area (Å²) in [7, 11) is 0. The topological polar surface area (TPSA) is 56.2 Å². The molecule has 0 saturated heterocycles. The molecule has 0 aliphatic heterocycles. The predicted molar refractivity (Wildman–Crippen MR) is 46.8 cm³/mol. The molecule has 0 aliphatic carbocycles. The summed E-state index contributed by atoms with van der Waals surface area (Å²) >= 11 is 0. The molecule has 2 heterocycles. The molecule has 2 N–H and O–H groups in total. The summed E-state index contributed by atoms with van der Waals surface area (Å²) in [6.45, 7) is 2.04. The first kappa shape index (κ1) is 7.09. The van der Waals surface area contributed by atoms with Crippen LogP contribution in [0.5, 0.6) is 0 Å².